The molecule has 2 fully saturated rings. The third-order valence-electron chi connectivity index (χ3n) is 5.49. The van der Waals surface area contributed by atoms with Gasteiger partial charge in [0, 0.05) is 10.6 Å². The van der Waals surface area contributed by atoms with Gasteiger partial charge in [-0.2, -0.15) is 8.78 Å². The van der Waals surface area contributed by atoms with E-state index in [1.165, 1.54) is 22.7 Å². The standard InChI is InChI=1S/C21H21F2N3O2S/c22-21(23)29-17-8-6-16(7-9-17)26-19(27)14-18(20(26)28)25-12-10-24(11-13-25)15-4-2-1-3-5-15/h1-9,18,21H,10-14H2/p+1/t18-/m0/s1. The molecular formula is C21H22F2N3O2S+. The van der Waals surface area contributed by atoms with E-state index in [4.69, 9.17) is 0 Å². The van der Waals surface area contributed by atoms with Gasteiger partial charge in [0.25, 0.3) is 11.7 Å². The topological polar surface area (TPSA) is 45.1 Å². The molecule has 0 spiro atoms. The molecule has 2 aromatic carbocycles. The summed E-state index contributed by atoms with van der Waals surface area (Å²) in [6.07, 6.45) is 0.188. The molecule has 5 nitrogen and oxygen atoms in total. The molecular weight excluding hydrogens is 396 g/mol. The van der Waals surface area contributed by atoms with E-state index in [0.717, 1.165) is 31.1 Å². The van der Waals surface area contributed by atoms with Crippen molar-refractivity contribution in [3.05, 3.63) is 54.6 Å². The van der Waals surface area contributed by atoms with Crippen LogP contribution in [0.25, 0.3) is 0 Å². The fourth-order valence-electron chi connectivity index (χ4n) is 4.04. The minimum Gasteiger partial charge on any atom is -0.360 e. The second kappa shape index (κ2) is 8.51. The molecule has 2 aliphatic rings. The van der Waals surface area contributed by atoms with E-state index in [0.29, 0.717) is 22.3 Å². The van der Waals surface area contributed by atoms with Gasteiger partial charge in [-0.05, 0) is 36.4 Å². The summed E-state index contributed by atoms with van der Waals surface area (Å²) in [6, 6.07) is 15.9. The van der Waals surface area contributed by atoms with Crippen LogP contribution in [0.1, 0.15) is 6.42 Å². The van der Waals surface area contributed by atoms with E-state index < -0.39 is 5.76 Å². The Morgan fingerprint density at radius 3 is 2.21 bits per heavy atom. The number of carbonyl (C=O) groups is 2. The molecule has 2 amide bonds. The van der Waals surface area contributed by atoms with Crippen molar-refractivity contribution in [2.75, 3.05) is 36.0 Å². The minimum absolute atomic E-state index is 0.188. The van der Waals surface area contributed by atoms with Gasteiger partial charge in [0.05, 0.1) is 38.3 Å². The van der Waals surface area contributed by atoms with E-state index >= 15 is 0 Å². The first-order chi connectivity index (χ1) is 14.0. The van der Waals surface area contributed by atoms with Gasteiger partial charge in [-0.1, -0.05) is 30.0 Å². The molecule has 0 aromatic heterocycles. The Balaban J connectivity index is 1.41. The van der Waals surface area contributed by atoms with Gasteiger partial charge in [-0.3, -0.25) is 9.59 Å². The molecule has 1 atom stereocenters. The summed E-state index contributed by atoms with van der Waals surface area (Å²) < 4.78 is 25.0. The number of hydrogen-bond acceptors (Lipinski definition) is 4. The average molecular weight is 418 g/mol. The highest BCUT2D eigenvalue weighted by molar-refractivity contribution is 7.99. The molecule has 2 saturated heterocycles. The van der Waals surface area contributed by atoms with Crippen LogP contribution in [0.2, 0.25) is 0 Å². The Bertz CT molecular complexity index is 871. The lowest BCUT2D eigenvalue weighted by Crippen LogP contribution is -3.19. The van der Waals surface area contributed by atoms with Crippen molar-refractivity contribution in [3.63, 3.8) is 0 Å². The van der Waals surface area contributed by atoms with Crippen molar-refractivity contribution in [1.82, 2.24) is 0 Å². The van der Waals surface area contributed by atoms with Gasteiger partial charge < -0.3 is 9.80 Å². The second-order valence-corrected chi connectivity index (χ2v) is 8.24. The number of quaternary nitrogens is 1. The first-order valence-electron chi connectivity index (χ1n) is 9.59. The van der Waals surface area contributed by atoms with Crippen molar-refractivity contribution in [1.29, 1.82) is 0 Å². The predicted octanol–water partition coefficient (Wildman–Crippen LogP) is 2.04. The Labute approximate surface area is 172 Å². The molecule has 4 rings (SSSR count). The first-order valence-corrected chi connectivity index (χ1v) is 10.5. The van der Waals surface area contributed by atoms with E-state index in [1.807, 2.05) is 18.2 Å². The Hall–Kier alpha value is -2.45. The number of benzene rings is 2. The molecule has 2 aliphatic heterocycles. The van der Waals surface area contributed by atoms with Gasteiger partial charge in [-0.15, -0.1) is 0 Å². The van der Waals surface area contributed by atoms with Crippen molar-refractivity contribution < 1.29 is 23.3 Å². The number of carbonyl (C=O) groups excluding carboxylic acids is 2. The molecule has 1 N–H and O–H groups in total. The van der Waals surface area contributed by atoms with Crippen LogP contribution < -0.4 is 14.7 Å². The molecule has 0 saturated carbocycles. The number of hydrogen-bond donors (Lipinski definition) is 1. The van der Waals surface area contributed by atoms with Crippen LogP contribution in [0.3, 0.4) is 0 Å². The summed E-state index contributed by atoms with van der Waals surface area (Å²) >= 11 is 0.442. The molecule has 152 valence electrons. The van der Waals surface area contributed by atoms with E-state index in [9.17, 15) is 18.4 Å². The van der Waals surface area contributed by atoms with E-state index in [2.05, 4.69) is 17.0 Å². The van der Waals surface area contributed by atoms with Gasteiger partial charge >= 0.3 is 0 Å². The third kappa shape index (κ3) is 4.28. The summed E-state index contributed by atoms with van der Waals surface area (Å²) in [5.74, 6) is -2.93. The zero-order chi connectivity index (χ0) is 20.4. The summed E-state index contributed by atoms with van der Waals surface area (Å²) in [6.45, 7) is 3.24. The molecule has 8 heteroatoms. The maximum Gasteiger partial charge on any atom is 0.292 e. The van der Waals surface area contributed by atoms with Crippen molar-refractivity contribution >= 4 is 35.0 Å². The van der Waals surface area contributed by atoms with E-state index in [-0.39, 0.29) is 24.3 Å². The lowest BCUT2D eigenvalue weighted by Gasteiger charge is -2.35. The lowest BCUT2D eigenvalue weighted by atomic mass is 10.1. The number of nitrogens with zero attached hydrogens (tertiary/aromatic N) is 2. The Morgan fingerprint density at radius 1 is 0.931 bits per heavy atom. The Kier molecular flexibility index (Phi) is 5.82. The van der Waals surface area contributed by atoms with Crippen molar-refractivity contribution in [2.45, 2.75) is 23.1 Å². The van der Waals surface area contributed by atoms with Gasteiger partial charge in [0.1, 0.15) is 0 Å². The smallest absolute Gasteiger partial charge is 0.292 e. The fraction of sp³-hybridized carbons (Fsp3) is 0.333. The maximum atomic E-state index is 13.0. The van der Waals surface area contributed by atoms with Crippen molar-refractivity contribution in [3.8, 4) is 0 Å². The summed E-state index contributed by atoms with van der Waals surface area (Å²) in [5.41, 5.74) is 1.62. The second-order valence-electron chi connectivity index (χ2n) is 7.18. The fourth-order valence-corrected chi connectivity index (χ4v) is 4.54. The monoisotopic (exact) mass is 418 g/mol. The number of para-hydroxylation sites is 1. The zero-order valence-electron chi connectivity index (χ0n) is 15.8. The van der Waals surface area contributed by atoms with Gasteiger partial charge in [0.15, 0.2) is 6.04 Å². The van der Waals surface area contributed by atoms with Gasteiger partial charge in [0.2, 0.25) is 5.91 Å². The molecule has 29 heavy (non-hydrogen) atoms. The number of thioether (sulfide) groups is 1. The SMILES string of the molecule is O=C1C[C@H]([NH+]2CCN(c3ccccc3)CC2)C(=O)N1c1ccc(SC(F)F)cc1. The molecule has 0 bridgehead atoms. The van der Waals surface area contributed by atoms with Crippen molar-refractivity contribution in [2.24, 2.45) is 0 Å². The van der Waals surface area contributed by atoms with Crippen LogP contribution in [0, 0.1) is 0 Å². The normalized spacial score (nSPS) is 20.7. The predicted molar refractivity (Wildman–Crippen MR) is 109 cm³/mol. The highest BCUT2D eigenvalue weighted by Crippen LogP contribution is 2.29. The summed E-state index contributed by atoms with van der Waals surface area (Å²) in [4.78, 5) is 30.6. The minimum atomic E-state index is -2.50. The van der Waals surface area contributed by atoms with Gasteiger partial charge in [-0.25, -0.2) is 4.90 Å². The quantitative estimate of drug-likeness (QED) is 0.596. The lowest BCUT2D eigenvalue weighted by molar-refractivity contribution is -0.915. The molecule has 2 aromatic rings. The molecule has 0 aliphatic carbocycles. The number of nitrogens with one attached hydrogen (secondary N) is 1. The number of alkyl halides is 2. The first kappa shape index (κ1) is 19.8. The van der Waals surface area contributed by atoms with Crippen LogP contribution in [-0.4, -0.2) is 49.8 Å². The van der Waals surface area contributed by atoms with E-state index in [1.54, 1.807) is 12.1 Å². The Morgan fingerprint density at radius 2 is 1.59 bits per heavy atom. The summed E-state index contributed by atoms with van der Waals surface area (Å²) in [7, 11) is 0. The molecule has 0 radical (unpaired) electrons. The number of piperazine rings is 1. The highest BCUT2D eigenvalue weighted by atomic mass is 32.2. The van der Waals surface area contributed by atoms with Crippen LogP contribution in [-0.2, 0) is 9.59 Å². The number of imide groups is 1. The number of halogens is 2. The number of amides is 2. The number of rotatable bonds is 5. The zero-order valence-corrected chi connectivity index (χ0v) is 16.6. The molecule has 2 heterocycles. The molecule has 0 unspecified atom stereocenters. The van der Waals surface area contributed by atoms with Crippen LogP contribution in [0.4, 0.5) is 20.2 Å². The summed E-state index contributed by atoms with van der Waals surface area (Å²) in [5, 5.41) is 0. The maximum absolute atomic E-state index is 13.0. The van der Waals surface area contributed by atoms with Crippen LogP contribution in [0.5, 0.6) is 0 Å². The average Bonchev–Trinajstić information content (AvgIpc) is 3.03. The van der Waals surface area contributed by atoms with Crippen LogP contribution in [0.15, 0.2) is 59.5 Å². The van der Waals surface area contributed by atoms with Crippen LogP contribution >= 0.6 is 11.8 Å². The number of anilines is 2. The third-order valence-corrected chi connectivity index (χ3v) is 6.21. The highest BCUT2D eigenvalue weighted by Gasteiger charge is 2.46. The largest absolute Gasteiger partial charge is 0.360 e.